The number of carbonyl (C=O) groups is 1. The molecule has 184 valence electrons. The van der Waals surface area contributed by atoms with Crippen LogP contribution in [0, 0.1) is 0 Å². The van der Waals surface area contributed by atoms with Crippen LogP contribution in [-0.2, 0) is 14.9 Å². The van der Waals surface area contributed by atoms with Gasteiger partial charge in [-0.3, -0.25) is 4.79 Å². The molecule has 2 aromatic carbocycles. The van der Waals surface area contributed by atoms with Gasteiger partial charge in [0.2, 0.25) is 11.5 Å². The number of rotatable bonds is 9. The van der Waals surface area contributed by atoms with Crippen molar-refractivity contribution in [1.29, 1.82) is 0 Å². The van der Waals surface area contributed by atoms with E-state index in [1.807, 2.05) is 59.4 Å². The summed E-state index contributed by atoms with van der Waals surface area (Å²) >= 11 is 0. The fourth-order valence-corrected chi connectivity index (χ4v) is 5.67. The molecule has 0 aliphatic heterocycles. The minimum absolute atomic E-state index is 0.117. The number of benzene rings is 2. The number of methoxy groups -OCH3 is 4. The molecule has 1 heterocycles. The highest BCUT2D eigenvalue weighted by atomic mass is 28.4. The molecule has 0 saturated heterocycles. The van der Waals surface area contributed by atoms with E-state index in [0.717, 1.165) is 16.7 Å². The zero-order valence-corrected chi connectivity index (χ0v) is 22.2. The van der Waals surface area contributed by atoms with Gasteiger partial charge < -0.3 is 27.9 Å². The van der Waals surface area contributed by atoms with Crippen LogP contribution in [0.3, 0.4) is 0 Å². The molecule has 1 atom stereocenters. The van der Waals surface area contributed by atoms with E-state index >= 15 is 0 Å². The van der Waals surface area contributed by atoms with Crippen molar-refractivity contribution in [3.63, 3.8) is 0 Å². The van der Waals surface area contributed by atoms with Gasteiger partial charge >= 0.3 is 0 Å². The number of carbonyl (C=O) groups excluding carboxylic acids is 1. The molecule has 35 heavy (non-hydrogen) atoms. The summed E-state index contributed by atoms with van der Waals surface area (Å²) in [6.45, 7) is 6.23. The van der Waals surface area contributed by atoms with Crippen LogP contribution in [0.4, 0.5) is 0 Å². The van der Waals surface area contributed by atoms with Crippen LogP contribution in [0.15, 0.2) is 60.9 Å². The van der Waals surface area contributed by atoms with Crippen molar-refractivity contribution in [3.8, 4) is 23.0 Å². The Morgan fingerprint density at radius 3 is 1.69 bits per heavy atom. The van der Waals surface area contributed by atoms with Crippen molar-refractivity contribution in [2.45, 2.75) is 25.4 Å². The van der Waals surface area contributed by atoms with Gasteiger partial charge in [-0.05, 0) is 67.2 Å². The third-order valence-electron chi connectivity index (χ3n) is 5.89. The third-order valence-corrected chi connectivity index (χ3v) is 6.80. The van der Waals surface area contributed by atoms with Gasteiger partial charge in [0.1, 0.15) is 0 Å². The number of hydrogen-bond acceptors (Lipinski definition) is 6. The molecule has 0 fully saturated rings. The average molecular weight is 494 g/mol. The molecule has 4 rings (SSSR count). The largest absolute Gasteiger partial charge is 0.493 e. The molecule has 3 aromatic rings. The third kappa shape index (κ3) is 4.13. The monoisotopic (exact) mass is 493 g/mol. The lowest BCUT2D eigenvalue weighted by Gasteiger charge is -2.48. The lowest BCUT2D eigenvalue weighted by molar-refractivity contribution is -0.133. The summed E-state index contributed by atoms with van der Waals surface area (Å²) in [6.07, 6.45) is 3.73. The number of ketones is 1. The van der Waals surface area contributed by atoms with Crippen LogP contribution < -0.4 is 18.9 Å². The standard InChI is InChI=1S/C27H31NO6Si/c1-30-20-12-10-18(16-22(20)32-3)24-25(19-11-13-21(31-2)23(17-19)33-4)27(26(24)29,34-35(5,6)7)28-14-8-9-15-28/h8-17H,1-7H3. The van der Waals surface area contributed by atoms with E-state index in [2.05, 4.69) is 19.6 Å². The summed E-state index contributed by atoms with van der Waals surface area (Å²) in [5, 5.41) is 0. The van der Waals surface area contributed by atoms with E-state index in [-0.39, 0.29) is 5.78 Å². The maximum absolute atomic E-state index is 14.2. The summed E-state index contributed by atoms with van der Waals surface area (Å²) in [4.78, 5) is 14.2. The van der Waals surface area contributed by atoms with Crippen LogP contribution in [-0.4, -0.2) is 47.1 Å². The van der Waals surface area contributed by atoms with E-state index in [0.29, 0.717) is 28.6 Å². The first-order valence-electron chi connectivity index (χ1n) is 11.3. The Bertz CT molecular complexity index is 1280. The molecule has 8 heteroatoms. The smallest absolute Gasteiger partial charge is 0.228 e. The maximum atomic E-state index is 14.2. The number of hydrogen-bond donors (Lipinski definition) is 0. The molecule has 0 radical (unpaired) electrons. The molecule has 1 aliphatic rings. The normalized spacial score (nSPS) is 17.7. The highest BCUT2D eigenvalue weighted by Gasteiger charge is 2.58. The van der Waals surface area contributed by atoms with Gasteiger partial charge in [0.05, 0.1) is 28.4 Å². The van der Waals surface area contributed by atoms with Crippen molar-refractivity contribution in [2.24, 2.45) is 0 Å². The zero-order chi connectivity index (χ0) is 25.4. The average Bonchev–Trinajstić information content (AvgIpc) is 3.39. The van der Waals surface area contributed by atoms with Crippen LogP contribution in [0.2, 0.25) is 19.6 Å². The molecule has 0 saturated carbocycles. The molecular formula is C27H31NO6Si. The van der Waals surface area contributed by atoms with E-state index in [1.165, 1.54) is 0 Å². The molecule has 7 nitrogen and oxygen atoms in total. The topological polar surface area (TPSA) is 68.2 Å². The van der Waals surface area contributed by atoms with Gasteiger partial charge in [-0.1, -0.05) is 12.1 Å². The Balaban J connectivity index is 2.04. The first-order chi connectivity index (χ1) is 16.7. The highest BCUT2D eigenvalue weighted by molar-refractivity contribution is 6.70. The van der Waals surface area contributed by atoms with Gasteiger partial charge in [-0.2, -0.15) is 0 Å². The van der Waals surface area contributed by atoms with Gasteiger partial charge in [0, 0.05) is 23.5 Å². The minimum Gasteiger partial charge on any atom is -0.493 e. The van der Waals surface area contributed by atoms with Crippen molar-refractivity contribution >= 4 is 25.2 Å². The number of ether oxygens (including phenoxy) is 4. The molecule has 0 spiro atoms. The Hall–Kier alpha value is -3.49. The lowest BCUT2D eigenvalue weighted by atomic mass is 9.71. The van der Waals surface area contributed by atoms with E-state index in [4.69, 9.17) is 23.4 Å². The first kappa shape index (κ1) is 24.6. The summed E-state index contributed by atoms with van der Waals surface area (Å²) in [5.41, 5.74) is 1.55. The minimum atomic E-state index is -2.21. The fourth-order valence-electron chi connectivity index (χ4n) is 4.49. The van der Waals surface area contributed by atoms with Crippen LogP contribution >= 0.6 is 0 Å². The van der Waals surface area contributed by atoms with Crippen molar-refractivity contribution in [1.82, 2.24) is 4.57 Å². The second-order valence-electron chi connectivity index (χ2n) is 9.17. The van der Waals surface area contributed by atoms with Gasteiger partial charge in [0.15, 0.2) is 31.3 Å². The molecule has 0 amide bonds. The molecule has 0 bridgehead atoms. The predicted octanol–water partition coefficient (Wildman–Crippen LogP) is 5.22. The lowest BCUT2D eigenvalue weighted by Crippen LogP contribution is -2.57. The summed E-state index contributed by atoms with van der Waals surface area (Å²) in [5.74, 6) is 2.19. The molecule has 0 N–H and O–H groups in total. The van der Waals surface area contributed by atoms with Crippen molar-refractivity contribution in [2.75, 3.05) is 28.4 Å². The number of aromatic nitrogens is 1. The Labute approximate surface area is 207 Å². The second-order valence-corrected chi connectivity index (χ2v) is 13.6. The molecule has 1 aromatic heterocycles. The number of Topliss-reactive ketones (excluding diaryl/α,β-unsaturated/α-hetero) is 1. The Kier molecular flexibility index (Phi) is 6.53. The van der Waals surface area contributed by atoms with Crippen LogP contribution in [0.25, 0.3) is 11.1 Å². The van der Waals surface area contributed by atoms with Crippen molar-refractivity contribution < 1.29 is 28.2 Å². The first-order valence-corrected chi connectivity index (χ1v) is 14.7. The second kappa shape index (κ2) is 9.28. The molecule has 1 unspecified atom stereocenters. The van der Waals surface area contributed by atoms with E-state index in [1.54, 1.807) is 34.5 Å². The summed E-state index contributed by atoms with van der Waals surface area (Å²) < 4.78 is 30.5. The van der Waals surface area contributed by atoms with Gasteiger partial charge in [-0.25, -0.2) is 0 Å². The Morgan fingerprint density at radius 1 is 0.714 bits per heavy atom. The quantitative estimate of drug-likeness (QED) is 0.381. The SMILES string of the molecule is COc1ccc(C2=C(c3ccc(OC)c(OC)c3)C(O[Si](C)(C)C)(n3cccc3)C2=O)cc1OC. The molecular weight excluding hydrogens is 462 g/mol. The Morgan fingerprint density at radius 2 is 1.20 bits per heavy atom. The fraction of sp³-hybridized carbons (Fsp3) is 0.296. The van der Waals surface area contributed by atoms with Gasteiger partial charge in [0.25, 0.3) is 0 Å². The molecule has 1 aliphatic carbocycles. The van der Waals surface area contributed by atoms with E-state index in [9.17, 15) is 4.79 Å². The predicted molar refractivity (Wildman–Crippen MR) is 138 cm³/mol. The maximum Gasteiger partial charge on any atom is 0.228 e. The van der Waals surface area contributed by atoms with Crippen LogP contribution in [0.1, 0.15) is 11.1 Å². The number of nitrogens with zero attached hydrogens (tertiary/aromatic N) is 1. The van der Waals surface area contributed by atoms with E-state index < -0.39 is 14.0 Å². The zero-order valence-electron chi connectivity index (χ0n) is 21.2. The van der Waals surface area contributed by atoms with Crippen LogP contribution in [0.5, 0.6) is 23.0 Å². The summed E-state index contributed by atoms with van der Waals surface area (Å²) in [7, 11) is 4.13. The highest BCUT2D eigenvalue weighted by Crippen LogP contribution is 2.55. The van der Waals surface area contributed by atoms with Gasteiger partial charge in [-0.15, -0.1) is 0 Å². The summed E-state index contributed by atoms with van der Waals surface area (Å²) in [6, 6.07) is 14.9. The van der Waals surface area contributed by atoms with Crippen molar-refractivity contribution in [3.05, 3.63) is 72.1 Å².